The van der Waals surface area contributed by atoms with Gasteiger partial charge in [-0.3, -0.25) is 0 Å². The van der Waals surface area contributed by atoms with Crippen LogP contribution in [0, 0.1) is 0 Å². The third-order valence-electron chi connectivity index (χ3n) is 5.58. The number of ether oxygens (including phenoxy) is 7. The van der Waals surface area contributed by atoms with Gasteiger partial charge >= 0.3 is 0 Å². The van der Waals surface area contributed by atoms with Gasteiger partial charge in [0.25, 0.3) is 0 Å². The van der Waals surface area contributed by atoms with Gasteiger partial charge in [0, 0.05) is 39.3 Å². The Balaban J connectivity index is 5.09. The lowest BCUT2D eigenvalue weighted by atomic mass is 10.2. The van der Waals surface area contributed by atoms with Crippen LogP contribution in [0.3, 0.4) is 0 Å². The van der Waals surface area contributed by atoms with Crippen LogP contribution in [0.25, 0.3) is 0 Å². The molecule has 2 atom stereocenters. The van der Waals surface area contributed by atoms with Crippen LogP contribution in [0.15, 0.2) is 24.3 Å². The minimum absolute atomic E-state index is 0.172. The fourth-order valence-electron chi connectivity index (χ4n) is 3.41. The van der Waals surface area contributed by atoms with E-state index in [1.165, 1.54) is 0 Å². The Kier molecular flexibility index (Phi) is 29.5. The zero-order valence-electron chi connectivity index (χ0n) is 26.2. The molecule has 0 aromatic heterocycles. The number of allylic oxidation sites excluding steroid dienone is 2. The van der Waals surface area contributed by atoms with Crippen molar-refractivity contribution in [3.63, 3.8) is 0 Å². The molecule has 7 nitrogen and oxygen atoms in total. The van der Waals surface area contributed by atoms with E-state index in [0.29, 0.717) is 39.6 Å². The summed E-state index contributed by atoms with van der Waals surface area (Å²) in [6, 6.07) is 0. The number of hydrogen-bond donors (Lipinski definition) is 0. The molecule has 0 radical (unpaired) electrons. The summed E-state index contributed by atoms with van der Waals surface area (Å²) in [5.41, 5.74) is 0. The average molecular weight is 559 g/mol. The summed E-state index contributed by atoms with van der Waals surface area (Å²) in [6.07, 6.45) is 18.2. The highest BCUT2D eigenvalue weighted by atomic mass is 16.8. The highest BCUT2D eigenvalue weighted by Gasteiger charge is 2.15. The van der Waals surface area contributed by atoms with Crippen molar-refractivity contribution in [2.24, 2.45) is 0 Å². The first-order chi connectivity index (χ1) is 19.1. The van der Waals surface area contributed by atoms with Gasteiger partial charge in [-0.15, -0.1) is 0 Å². The molecule has 0 aromatic carbocycles. The van der Waals surface area contributed by atoms with Crippen molar-refractivity contribution in [3.8, 4) is 0 Å². The van der Waals surface area contributed by atoms with Gasteiger partial charge in [-0.1, -0.05) is 66.5 Å². The number of unbranched alkanes of at least 4 members (excludes halogenated alkanes) is 2. The molecule has 0 aromatic rings. The molecule has 0 spiro atoms. The Bertz CT molecular complexity index is 479. The zero-order chi connectivity index (χ0) is 28.8. The van der Waals surface area contributed by atoms with Gasteiger partial charge in [0.2, 0.25) is 0 Å². The summed E-state index contributed by atoms with van der Waals surface area (Å²) >= 11 is 0. The van der Waals surface area contributed by atoms with Crippen LogP contribution < -0.4 is 0 Å². The molecule has 0 N–H and O–H groups in total. The normalized spacial score (nSPS) is 13.9. The second-order valence-corrected chi connectivity index (χ2v) is 9.67. The topological polar surface area (TPSA) is 64.6 Å². The predicted molar refractivity (Wildman–Crippen MR) is 160 cm³/mol. The number of hydrogen-bond acceptors (Lipinski definition) is 7. The molecule has 232 valence electrons. The molecule has 7 heteroatoms. The van der Waals surface area contributed by atoms with Crippen LogP contribution in [0.1, 0.15) is 119 Å². The Labute approximate surface area is 240 Å². The molecule has 0 aliphatic rings. The quantitative estimate of drug-likeness (QED) is 0.0499. The Morgan fingerprint density at radius 3 is 1.10 bits per heavy atom. The highest BCUT2D eigenvalue weighted by Crippen LogP contribution is 2.13. The molecular weight excluding hydrogens is 496 g/mol. The maximum atomic E-state index is 6.27. The molecule has 0 aliphatic heterocycles. The van der Waals surface area contributed by atoms with Crippen molar-refractivity contribution in [1.29, 1.82) is 0 Å². The van der Waals surface area contributed by atoms with E-state index in [1.54, 1.807) is 0 Å². The standard InChI is InChI=1S/C32H62O7/c1-7-13-27-37-31(21-17-15-19-29(33-23-9-3)34-24-10-4)39-32(38-28-14-8-2)22-18-16-20-30(35-25-11-5)36-26-12-6/h17-18,21-22,29-32H,7-16,19-20,23-28H2,1-6H3. The lowest BCUT2D eigenvalue weighted by Gasteiger charge is -2.22. The van der Waals surface area contributed by atoms with Gasteiger partial charge in [0.1, 0.15) is 0 Å². The van der Waals surface area contributed by atoms with Crippen LogP contribution in [0.4, 0.5) is 0 Å². The van der Waals surface area contributed by atoms with E-state index in [4.69, 9.17) is 33.2 Å². The molecule has 0 saturated heterocycles. The van der Waals surface area contributed by atoms with Crippen LogP contribution in [0.2, 0.25) is 0 Å². The Hall–Kier alpha value is -0.800. The van der Waals surface area contributed by atoms with Gasteiger partial charge in [-0.2, -0.15) is 0 Å². The molecule has 0 saturated carbocycles. The molecule has 39 heavy (non-hydrogen) atoms. The van der Waals surface area contributed by atoms with E-state index in [-0.39, 0.29) is 12.6 Å². The van der Waals surface area contributed by atoms with E-state index in [2.05, 4.69) is 53.7 Å². The third kappa shape index (κ3) is 24.7. The summed E-state index contributed by atoms with van der Waals surface area (Å²) in [5, 5.41) is 0. The smallest absolute Gasteiger partial charge is 0.180 e. The minimum atomic E-state index is -0.479. The fourth-order valence-corrected chi connectivity index (χ4v) is 3.41. The maximum absolute atomic E-state index is 6.27. The van der Waals surface area contributed by atoms with Crippen molar-refractivity contribution in [1.82, 2.24) is 0 Å². The number of rotatable bonds is 30. The van der Waals surface area contributed by atoms with E-state index in [0.717, 1.165) is 77.0 Å². The monoisotopic (exact) mass is 558 g/mol. The fraction of sp³-hybridized carbons (Fsp3) is 0.875. The van der Waals surface area contributed by atoms with Crippen LogP contribution >= 0.6 is 0 Å². The van der Waals surface area contributed by atoms with Crippen molar-refractivity contribution >= 4 is 0 Å². The van der Waals surface area contributed by atoms with E-state index in [9.17, 15) is 0 Å². The summed E-state index contributed by atoms with van der Waals surface area (Å²) < 4.78 is 41.8. The molecule has 0 bridgehead atoms. The van der Waals surface area contributed by atoms with Gasteiger partial charge in [0.15, 0.2) is 25.2 Å². The Morgan fingerprint density at radius 2 is 0.795 bits per heavy atom. The van der Waals surface area contributed by atoms with Crippen molar-refractivity contribution in [3.05, 3.63) is 24.3 Å². The van der Waals surface area contributed by atoms with Crippen molar-refractivity contribution in [2.45, 2.75) is 144 Å². The first-order valence-corrected chi connectivity index (χ1v) is 15.8. The van der Waals surface area contributed by atoms with Gasteiger partial charge in [-0.05, 0) is 63.5 Å². The molecule has 0 aliphatic carbocycles. The maximum Gasteiger partial charge on any atom is 0.180 e. The molecule has 2 unspecified atom stereocenters. The Morgan fingerprint density at radius 1 is 0.436 bits per heavy atom. The summed E-state index contributed by atoms with van der Waals surface area (Å²) in [5.74, 6) is 0. The molecule has 0 fully saturated rings. The zero-order valence-corrected chi connectivity index (χ0v) is 26.2. The summed E-state index contributed by atoms with van der Waals surface area (Å²) in [7, 11) is 0. The first kappa shape index (κ1) is 38.2. The van der Waals surface area contributed by atoms with E-state index < -0.39 is 12.6 Å². The van der Waals surface area contributed by atoms with E-state index in [1.807, 2.05) is 12.2 Å². The average Bonchev–Trinajstić information content (AvgIpc) is 2.95. The van der Waals surface area contributed by atoms with Crippen LogP contribution in [-0.4, -0.2) is 64.8 Å². The SMILES string of the molecule is CCCCOC(C=CCCC(OCCC)OCCC)OC(C=CCCC(OCCC)OCCC)OCCCC. The third-order valence-corrected chi connectivity index (χ3v) is 5.58. The van der Waals surface area contributed by atoms with Crippen molar-refractivity contribution in [2.75, 3.05) is 39.6 Å². The largest absolute Gasteiger partial charge is 0.353 e. The molecule has 0 rings (SSSR count). The second-order valence-electron chi connectivity index (χ2n) is 9.67. The highest BCUT2D eigenvalue weighted by molar-refractivity contribution is 4.90. The summed E-state index contributed by atoms with van der Waals surface area (Å²) in [6.45, 7) is 16.9. The molecule has 0 amide bonds. The van der Waals surface area contributed by atoms with Gasteiger partial charge in [-0.25, -0.2) is 0 Å². The molecule has 0 heterocycles. The second kappa shape index (κ2) is 30.2. The lowest BCUT2D eigenvalue weighted by Crippen LogP contribution is -2.25. The van der Waals surface area contributed by atoms with Crippen LogP contribution in [-0.2, 0) is 33.2 Å². The van der Waals surface area contributed by atoms with Crippen molar-refractivity contribution < 1.29 is 33.2 Å². The van der Waals surface area contributed by atoms with Gasteiger partial charge < -0.3 is 33.2 Å². The summed E-state index contributed by atoms with van der Waals surface area (Å²) in [4.78, 5) is 0. The van der Waals surface area contributed by atoms with Crippen LogP contribution in [0.5, 0.6) is 0 Å². The lowest BCUT2D eigenvalue weighted by molar-refractivity contribution is -0.208. The van der Waals surface area contributed by atoms with Gasteiger partial charge in [0.05, 0.1) is 13.2 Å². The van der Waals surface area contributed by atoms with E-state index >= 15 is 0 Å². The first-order valence-electron chi connectivity index (χ1n) is 15.8. The minimum Gasteiger partial charge on any atom is -0.353 e. The predicted octanol–water partition coefficient (Wildman–Crippen LogP) is 8.32. The molecular formula is C32H62O7.